The third-order valence-electron chi connectivity index (χ3n) is 3.77. The number of Topliss-reactive ketones (excluding diaryl/α,β-unsaturated/α-hetero) is 1. The van der Waals surface area contributed by atoms with E-state index in [2.05, 4.69) is 5.32 Å². The van der Waals surface area contributed by atoms with Crippen molar-refractivity contribution in [1.29, 1.82) is 0 Å². The molecule has 0 saturated carbocycles. The van der Waals surface area contributed by atoms with Gasteiger partial charge in [-0.15, -0.1) is 0 Å². The minimum Gasteiger partial charge on any atom is -0.508 e. The first-order valence-electron chi connectivity index (χ1n) is 6.81. The molecule has 108 valence electrons. The summed E-state index contributed by atoms with van der Waals surface area (Å²) in [4.78, 5) is 25.3. The largest absolute Gasteiger partial charge is 0.508 e. The molecule has 0 radical (unpaired) electrons. The highest BCUT2D eigenvalue weighted by molar-refractivity contribution is 5.94. The van der Waals surface area contributed by atoms with Crippen molar-refractivity contribution in [3.63, 3.8) is 0 Å². The zero-order chi connectivity index (χ0) is 14.7. The fourth-order valence-electron chi connectivity index (χ4n) is 2.63. The summed E-state index contributed by atoms with van der Waals surface area (Å²) in [5.41, 5.74) is 1.27. The number of benzene rings is 1. The number of nitrogens with one attached hydrogen (secondary N) is 1. The van der Waals surface area contributed by atoms with Crippen LogP contribution in [0.3, 0.4) is 0 Å². The van der Waals surface area contributed by atoms with Crippen LogP contribution in [0.25, 0.3) is 0 Å². The van der Waals surface area contributed by atoms with Crippen LogP contribution in [0.2, 0.25) is 0 Å². The maximum atomic E-state index is 11.8. The van der Waals surface area contributed by atoms with Gasteiger partial charge in [0, 0.05) is 24.7 Å². The number of phenols is 1. The van der Waals surface area contributed by atoms with E-state index in [-0.39, 0.29) is 23.5 Å². The first kappa shape index (κ1) is 14.5. The Morgan fingerprint density at radius 3 is 2.85 bits per heavy atom. The summed E-state index contributed by atoms with van der Waals surface area (Å²) < 4.78 is 0. The van der Waals surface area contributed by atoms with Gasteiger partial charge in [0.05, 0.1) is 6.04 Å². The molecule has 2 N–H and O–H groups in total. The SMILES string of the molecule is CNC(=O)C1CCCN1Cc1cc(C(C)=O)ccc1O. The smallest absolute Gasteiger partial charge is 0.237 e. The van der Waals surface area contributed by atoms with Crippen molar-refractivity contribution in [2.45, 2.75) is 32.4 Å². The number of amides is 1. The van der Waals surface area contributed by atoms with E-state index in [0.717, 1.165) is 19.4 Å². The normalized spacial score (nSPS) is 19.0. The molecule has 0 spiro atoms. The molecule has 1 unspecified atom stereocenters. The molecule has 1 heterocycles. The molecule has 1 amide bonds. The predicted octanol–water partition coefficient (Wildman–Crippen LogP) is 1.31. The van der Waals surface area contributed by atoms with Gasteiger partial charge in [-0.1, -0.05) is 0 Å². The highest BCUT2D eigenvalue weighted by atomic mass is 16.3. The molecule has 5 heteroatoms. The van der Waals surface area contributed by atoms with Crippen LogP contribution in [0.5, 0.6) is 5.75 Å². The summed E-state index contributed by atoms with van der Waals surface area (Å²) in [5, 5.41) is 12.6. The molecular weight excluding hydrogens is 256 g/mol. The predicted molar refractivity (Wildman–Crippen MR) is 75.6 cm³/mol. The molecule has 1 atom stereocenters. The summed E-state index contributed by atoms with van der Waals surface area (Å²) in [6.45, 7) is 2.80. The number of likely N-dealkylation sites (tertiary alicyclic amines) is 1. The quantitative estimate of drug-likeness (QED) is 0.813. The van der Waals surface area contributed by atoms with Crippen LogP contribution >= 0.6 is 0 Å². The van der Waals surface area contributed by atoms with E-state index < -0.39 is 0 Å². The molecule has 20 heavy (non-hydrogen) atoms. The lowest BCUT2D eigenvalue weighted by Crippen LogP contribution is -2.41. The van der Waals surface area contributed by atoms with Crippen molar-refractivity contribution in [2.75, 3.05) is 13.6 Å². The van der Waals surface area contributed by atoms with Gasteiger partial charge in [0.2, 0.25) is 5.91 Å². The van der Waals surface area contributed by atoms with Crippen LogP contribution in [0.15, 0.2) is 18.2 Å². The number of hydrogen-bond donors (Lipinski definition) is 2. The highest BCUT2D eigenvalue weighted by Crippen LogP contribution is 2.25. The summed E-state index contributed by atoms with van der Waals surface area (Å²) in [7, 11) is 1.63. The summed E-state index contributed by atoms with van der Waals surface area (Å²) >= 11 is 0. The van der Waals surface area contributed by atoms with Crippen molar-refractivity contribution >= 4 is 11.7 Å². The molecular formula is C15H20N2O3. The highest BCUT2D eigenvalue weighted by Gasteiger charge is 2.30. The Kier molecular flexibility index (Phi) is 4.39. The van der Waals surface area contributed by atoms with E-state index in [0.29, 0.717) is 17.7 Å². The number of aromatic hydroxyl groups is 1. The Bertz CT molecular complexity index is 528. The van der Waals surface area contributed by atoms with Crippen LogP contribution in [0.4, 0.5) is 0 Å². The van der Waals surface area contributed by atoms with Crippen molar-refractivity contribution in [1.82, 2.24) is 10.2 Å². The number of hydrogen-bond acceptors (Lipinski definition) is 4. The molecule has 1 aliphatic heterocycles. The molecule has 2 rings (SSSR count). The van der Waals surface area contributed by atoms with Gasteiger partial charge in [-0.25, -0.2) is 0 Å². The Morgan fingerprint density at radius 1 is 1.45 bits per heavy atom. The van der Waals surface area contributed by atoms with Crippen molar-refractivity contribution in [3.05, 3.63) is 29.3 Å². The maximum Gasteiger partial charge on any atom is 0.237 e. The second kappa shape index (κ2) is 6.05. The average Bonchev–Trinajstić information content (AvgIpc) is 2.88. The van der Waals surface area contributed by atoms with E-state index in [1.165, 1.54) is 13.0 Å². The molecule has 1 fully saturated rings. The molecule has 0 aliphatic carbocycles. The third kappa shape index (κ3) is 2.99. The van der Waals surface area contributed by atoms with Crippen LogP contribution in [-0.4, -0.2) is 41.3 Å². The number of rotatable bonds is 4. The van der Waals surface area contributed by atoms with Crippen molar-refractivity contribution < 1.29 is 14.7 Å². The number of phenolic OH excluding ortho intramolecular Hbond substituents is 1. The molecule has 1 saturated heterocycles. The first-order chi connectivity index (χ1) is 9.52. The van der Waals surface area contributed by atoms with E-state index in [4.69, 9.17) is 0 Å². The van der Waals surface area contributed by atoms with E-state index in [9.17, 15) is 14.7 Å². The molecule has 0 bridgehead atoms. The summed E-state index contributed by atoms with van der Waals surface area (Å²) in [6.07, 6.45) is 1.79. The molecule has 1 aromatic carbocycles. The minimum absolute atomic E-state index is 0.00436. The number of nitrogens with zero attached hydrogens (tertiary/aromatic N) is 1. The van der Waals surface area contributed by atoms with E-state index in [1.54, 1.807) is 19.2 Å². The van der Waals surface area contributed by atoms with E-state index in [1.807, 2.05) is 4.90 Å². The monoisotopic (exact) mass is 276 g/mol. The lowest BCUT2D eigenvalue weighted by Gasteiger charge is -2.23. The van der Waals surface area contributed by atoms with Gasteiger partial charge in [-0.2, -0.15) is 0 Å². The van der Waals surface area contributed by atoms with Crippen molar-refractivity contribution in [2.24, 2.45) is 0 Å². The third-order valence-corrected chi connectivity index (χ3v) is 3.77. The summed E-state index contributed by atoms with van der Waals surface area (Å²) in [6, 6.07) is 4.70. The standard InChI is InChI=1S/C15H20N2O3/c1-10(18)11-5-6-14(19)12(8-11)9-17-7-3-4-13(17)15(20)16-2/h5-6,8,13,19H,3-4,7,9H2,1-2H3,(H,16,20). The molecule has 5 nitrogen and oxygen atoms in total. The fourth-order valence-corrected chi connectivity index (χ4v) is 2.63. The second-order valence-electron chi connectivity index (χ2n) is 5.14. The van der Waals surface area contributed by atoms with Crippen LogP contribution in [0.1, 0.15) is 35.7 Å². The fraction of sp³-hybridized carbons (Fsp3) is 0.467. The van der Waals surface area contributed by atoms with Crippen molar-refractivity contribution in [3.8, 4) is 5.75 Å². The zero-order valence-electron chi connectivity index (χ0n) is 11.8. The number of carbonyl (C=O) groups excluding carboxylic acids is 2. The zero-order valence-corrected chi connectivity index (χ0v) is 11.8. The van der Waals surface area contributed by atoms with Crippen LogP contribution in [-0.2, 0) is 11.3 Å². The molecule has 1 aromatic rings. The van der Waals surface area contributed by atoms with Gasteiger partial charge in [0.15, 0.2) is 5.78 Å². The van der Waals surface area contributed by atoms with Gasteiger partial charge >= 0.3 is 0 Å². The lowest BCUT2D eigenvalue weighted by atomic mass is 10.1. The summed E-state index contributed by atoms with van der Waals surface area (Å²) in [5.74, 6) is 0.137. The average molecular weight is 276 g/mol. The lowest BCUT2D eigenvalue weighted by molar-refractivity contribution is -0.125. The number of likely N-dealkylation sites (N-methyl/N-ethyl adjacent to an activating group) is 1. The van der Waals surface area contributed by atoms with Crippen LogP contribution in [0, 0.1) is 0 Å². The molecule has 0 aromatic heterocycles. The second-order valence-corrected chi connectivity index (χ2v) is 5.14. The van der Waals surface area contributed by atoms with Gasteiger partial charge in [0.1, 0.15) is 5.75 Å². The van der Waals surface area contributed by atoms with Crippen LogP contribution < -0.4 is 5.32 Å². The van der Waals surface area contributed by atoms with Gasteiger partial charge in [-0.3, -0.25) is 14.5 Å². The van der Waals surface area contributed by atoms with E-state index >= 15 is 0 Å². The Morgan fingerprint density at radius 2 is 2.20 bits per heavy atom. The van der Waals surface area contributed by atoms with Gasteiger partial charge in [0.25, 0.3) is 0 Å². The van der Waals surface area contributed by atoms with Gasteiger partial charge in [-0.05, 0) is 44.5 Å². The number of ketones is 1. The maximum absolute atomic E-state index is 11.8. The number of carbonyl (C=O) groups is 2. The minimum atomic E-state index is -0.152. The molecule has 1 aliphatic rings. The Balaban J connectivity index is 2.18. The first-order valence-corrected chi connectivity index (χ1v) is 6.81. The van der Waals surface area contributed by atoms with Gasteiger partial charge < -0.3 is 10.4 Å². The topological polar surface area (TPSA) is 69.6 Å². The Hall–Kier alpha value is -1.88. The Labute approximate surface area is 118 Å².